The van der Waals surface area contributed by atoms with Crippen molar-refractivity contribution in [3.8, 4) is 17.5 Å². The molecule has 1 fully saturated rings. The smallest absolute Gasteiger partial charge is 0.262 e. The molecular formula is C29H24FN7O2. The Morgan fingerprint density at radius 1 is 1.15 bits per heavy atom. The molecule has 10 heteroatoms. The Labute approximate surface area is 223 Å². The number of pyridine rings is 2. The molecular weight excluding hydrogens is 497 g/mol. The molecule has 3 aromatic heterocycles. The Morgan fingerprint density at radius 2 is 2.08 bits per heavy atom. The van der Waals surface area contributed by atoms with Crippen molar-refractivity contribution in [3.63, 3.8) is 0 Å². The average molecular weight is 522 g/mol. The fraction of sp³-hybridized carbons (Fsp3) is 0.207. The maximum Gasteiger partial charge on any atom is 0.262 e. The molecule has 4 heterocycles. The van der Waals surface area contributed by atoms with E-state index in [-0.39, 0.29) is 18.2 Å². The third-order valence-corrected chi connectivity index (χ3v) is 6.78. The number of benzene rings is 2. The Hall–Kier alpha value is -4.72. The fourth-order valence-corrected chi connectivity index (χ4v) is 4.93. The molecule has 0 bridgehead atoms. The van der Waals surface area contributed by atoms with Crippen LogP contribution >= 0.6 is 0 Å². The fourth-order valence-electron chi connectivity index (χ4n) is 4.93. The second kappa shape index (κ2) is 10.6. The zero-order valence-corrected chi connectivity index (χ0v) is 20.9. The van der Waals surface area contributed by atoms with Gasteiger partial charge in [0, 0.05) is 36.0 Å². The molecule has 9 nitrogen and oxygen atoms in total. The first-order valence-electron chi connectivity index (χ1n) is 12.6. The largest absolute Gasteiger partial charge is 0.384 e. The normalized spacial score (nSPS) is 15.2. The monoisotopic (exact) mass is 521 g/mol. The van der Waals surface area contributed by atoms with Crippen LogP contribution in [0.1, 0.15) is 28.8 Å². The Kier molecular flexibility index (Phi) is 6.67. The van der Waals surface area contributed by atoms with E-state index >= 15 is 4.39 Å². The first-order valence-corrected chi connectivity index (χ1v) is 12.6. The Morgan fingerprint density at radius 3 is 2.90 bits per heavy atom. The highest BCUT2D eigenvalue weighted by atomic mass is 19.1. The minimum absolute atomic E-state index is 0.0725. The highest BCUT2D eigenvalue weighted by Crippen LogP contribution is 2.31. The van der Waals surface area contributed by atoms with Crippen LogP contribution < -0.4 is 10.2 Å². The summed E-state index contributed by atoms with van der Waals surface area (Å²) in [7, 11) is 0. The van der Waals surface area contributed by atoms with Gasteiger partial charge in [0.15, 0.2) is 5.65 Å². The van der Waals surface area contributed by atoms with E-state index in [1.807, 2.05) is 24.3 Å². The molecule has 1 aliphatic rings. The number of fused-ring (bicyclic) bond motifs is 2. The third-order valence-electron chi connectivity index (χ3n) is 6.78. The van der Waals surface area contributed by atoms with E-state index in [2.05, 4.69) is 37.4 Å². The van der Waals surface area contributed by atoms with Gasteiger partial charge in [-0.3, -0.25) is 9.69 Å². The molecule has 0 spiro atoms. The summed E-state index contributed by atoms with van der Waals surface area (Å²) >= 11 is 0. The number of nitrogens with one attached hydrogen (secondary N) is 1. The van der Waals surface area contributed by atoms with Crippen LogP contribution in [0.3, 0.4) is 0 Å². The van der Waals surface area contributed by atoms with Gasteiger partial charge >= 0.3 is 0 Å². The minimum atomic E-state index is -0.680. The number of carbonyl (C=O) groups excluding carboxylic acids is 1. The van der Waals surface area contributed by atoms with Crippen LogP contribution in [0.5, 0.6) is 0 Å². The molecule has 1 atom stereocenters. The first-order chi connectivity index (χ1) is 19.1. The molecule has 2 aromatic carbocycles. The predicted molar refractivity (Wildman–Crippen MR) is 145 cm³/mol. The molecule has 0 saturated carbocycles. The minimum Gasteiger partial charge on any atom is -0.384 e. The van der Waals surface area contributed by atoms with Crippen LogP contribution in [-0.2, 0) is 0 Å². The topological polar surface area (TPSA) is 109 Å². The quantitative estimate of drug-likeness (QED) is 0.350. The zero-order chi connectivity index (χ0) is 26.8. The second-order valence-electron chi connectivity index (χ2n) is 9.22. The van der Waals surface area contributed by atoms with E-state index < -0.39 is 11.7 Å². The summed E-state index contributed by atoms with van der Waals surface area (Å²) in [6, 6.07) is 15.1. The summed E-state index contributed by atoms with van der Waals surface area (Å²) in [5.41, 5.74) is 2.09. The summed E-state index contributed by atoms with van der Waals surface area (Å²) in [4.78, 5) is 24.6. The highest BCUT2D eigenvalue weighted by molar-refractivity contribution is 6.10. The number of piperidine rings is 1. The maximum atomic E-state index is 15.6. The Balaban J connectivity index is 1.44. The molecule has 1 saturated heterocycles. The Bertz CT molecular complexity index is 1750. The van der Waals surface area contributed by atoms with Gasteiger partial charge in [0.1, 0.15) is 23.8 Å². The third kappa shape index (κ3) is 4.69. The SMILES string of the molecule is O=C(c1ccc(-n2nnc3cccnc32)cc1F)N(c1nccc2ccc(C#CCO)cc12)[C@@H]1CCCNC1. The molecule has 0 radical (unpaired) electrons. The lowest BCUT2D eigenvalue weighted by Gasteiger charge is -2.34. The van der Waals surface area contributed by atoms with Crippen molar-refractivity contribution in [1.29, 1.82) is 0 Å². The number of amides is 1. The summed E-state index contributed by atoms with van der Waals surface area (Å²) in [6.07, 6.45) is 4.89. The van der Waals surface area contributed by atoms with Crippen LogP contribution in [0, 0.1) is 17.7 Å². The van der Waals surface area contributed by atoms with Crippen LogP contribution in [0.15, 0.2) is 67.0 Å². The number of aliphatic hydroxyl groups excluding tert-OH is 1. The number of carbonyl (C=O) groups is 1. The van der Waals surface area contributed by atoms with Gasteiger partial charge in [-0.2, -0.15) is 4.68 Å². The number of nitrogens with zero attached hydrogens (tertiary/aromatic N) is 6. The lowest BCUT2D eigenvalue weighted by Crippen LogP contribution is -2.49. The number of rotatable bonds is 4. The van der Waals surface area contributed by atoms with E-state index in [9.17, 15) is 4.79 Å². The van der Waals surface area contributed by atoms with Crippen molar-refractivity contribution in [2.75, 3.05) is 24.6 Å². The predicted octanol–water partition coefficient (Wildman–Crippen LogP) is 3.25. The average Bonchev–Trinajstić information content (AvgIpc) is 3.41. The van der Waals surface area contributed by atoms with Crippen molar-refractivity contribution in [2.24, 2.45) is 0 Å². The van der Waals surface area contributed by atoms with E-state index in [1.165, 1.54) is 16.8 Å². The molecule has 1 amide bonds. The van der Waals surface area contributed by atoms with Crippen molar-refractivity contribution in [1.82, 2.24) is 30.3 Å². The van der Waals surface area contributed by atoms with Crippen molar-refractivity contribution in [2.45, 2.75) is 18.9 Å². The van der Waals surface area contributed by atoms with Gasteiger partial charge < -0.3 is 10.4 Å². The lowest BCUT2D eigenvalue weighted by molar-refractivity contribution is 0.0968. The van der Waals surface area contributed by atoms with Crippen LogP contribution in [0.4, 0.5) is 10.2 Å². The maximum absolute atomic E-state index is 15.6. The van der Waals surface area contributed by atoms with Crippen LogP contribution in [-0.4, -0.2) is 61.7 Å². The second-order valence-corrected chi connectivity index (χ2v) is 9.22. The summed E-state index contributed by atoms with van der Waals surface area (Å²) in [5.74, 6) is 4.84. The van der Waals surface area contributed by atoms with Gasteiger partial charge in [0.2, 0.25) is 0 Å². The molecule has 0 aliphatic carbocycles. The first kappa shape index (κ1) is 24.6. The molecule has 1 aliphatic heterocycles. The lowest BCUT2D eigenvalue weighted by atomic mass is 10.0. The number of halogens is 1. The van der Waals surface area contributed by atoms with Crippen molar-refractivity contribution in [3.05, 3.63) is 83.9 Å². The molecule has 5 aromatic rings. The summed E-state index contributed by atoms with van der Waals surface area (Å²) in [6.45, 7) is 1.15. The van der Waals surface area contributed by atoms with Crippen molar-refractivity contribution >= 4 is 33.7 Å². The molecule has 2 N–H and O–H groups in total. The highest BCUT2D eigenvalue weighted by Gasteiger charge is 2.31. The summed E-state index contributed by atoms with van der Waals surface area (Å²) < 4.78 is 17.1. The number of aromatic nitrogens is 5. The van der Waals surface area contributed by atoms with Gasteiger partial charge in [-0.15, -0.1) is 5.10 Å². The standard InChI is InChI=1S/C29H24FN7O2/c30-25-17-21(37-28-26(34-35-37)6-2-13-32-28)9-10-23(25)29(39)36(22-5-1-12-31-18-22)27-24-16-19(4-3-15-38)7-8-20(24)11-14-33-27/h2,6-11,13-14,16-17,22,31,38H,1,5,12,15,18H2/t22-/m1/s1. The zero-order valence-electron chi connectivity index (χ0n) is 20.9. The van der Waals surface area contributed by atoms with E-state index in [4.69, 9.17) is 5.11 Å². The summed E-state index contributed by atoms with van der Waals surface area (Å²) in [5, 5.41) is 22.2. The van der Waals surface area contributed by atoms with Crippen molar-refractivity contribution < 1.29 is 14.3 Å². The van der Waals surface area contributed by atoms with Gasteiger partial charge in [-0.05, 0) is 67.2 Å². The molecule has 194 valence electrons. The van der Waals surface area contributed by atoms with E-state index in [0.29, 0.717) is 34.8 Å². The van der Waals surface area contributed by atoms with Crippen LogP contribution in [0.25, 0.3) is 27.6 Å². The van der Waals surface area contributed by atoms with Crippen LogP contribution in [0.2, 0.25) is 0 Å². The molecule has 6 rings (SSSR count). The van der Waals surface area contributed by atoms with E-state index in [0.717, 1.165) is 30.2 Å². The number of anilines is 1. The number of hydrogen-bond acceptors (Lipinski definition) is 7. The van der Waals surface area contributed by atoms with E-state index in [1.54, 1.807) is 35.5 Å². The molecule has 39 heavy (non-hydrogen) atoms. The van der Waals surface area contributed by atoms with Gasteiger partial charge in [-0.25, -0.2) is 14.4 Å². The molecule has 0 unspecified atom stereocenters. The van der Waals surface area contributed by atoms with Gasteiger partial charge in [-0.1, -0.05) is 23.1 Å². The van der Waals surface area contributed by atoms with Gasteiger partial charge in [0.25, 0.3) is 5.91 Å². The number of aliphatic hydroxyl groups is 1. The van der Waals surface area contributed by atoms with Gasteiger partial charge in [0.05, 0.1) is 17.3 Å². The number of hydrogen-bond donors (Lipinski definition) is 2.